The molecule has 1 aliphatic rings. The van der Waals surface area contributed by atoms with Crippen molar-refractivity contribution in [2.24, 2.45) is 5.92 Å². The van der Waals surface area contributed by atoms with Crippen molar-refractivity contribution in [3.63, 3.8) is 0 Å². The predicted molar refractivity (Wildman–Crippen MR) is 77.6 cm³/mol. The van der Waals surface area contributed by atoms with E-state index in [0.717, 1.165) is 19.5 Å². The summed E-state index contributed by atoms with van der Waals surface area (Å²) >= 11 is 0. The molecule has 7 nitrogen and oxygen atoms in total. The smallest absolute Gasteiger partial charge is 0.241 e. The number of hydrogen-bond donors (Lipinski definition) is 1. The molecule has 3 rings (SSSR count). The van der Waals surface area contributed by atoms with Gasteiger partial charge in [0.2, 0.25) is 5.91 Å². The van der Waals surface area contributed by atoms with E-state index in [-0.39, 0.29) is 12.5 Å². The number of benzene rings is 1. The number of nitrogens with zero attached hydrogens (tertiary/aromatic N) is 5. The van der Waals surface area contributed by atoms with Crippen molar-refractivity contribution in [1.29, 1.82) is 0 Å². The van der Waals surface area contributed by atoms with Crippen molar-refractivity contribution in [3.05, 3.63) is 36.7 Å². The molecule has 110 valence electrons. The molecule has 2 aromatic rings. The average molecular weight is 286 g/mol. The minimum absolute atomic E-state index is 0.0551. The van der Waals surface area contributed by atoms with Crippen LogP contribution < -0.4 is 10.2 Å². The van der Waals surface area contributed by atoms with Gasteiger partial charge < -0.3 is 10.2 Å². The van der Waals surface area contributed by atoms with Crippen molar-refractivity contribution in [3.8, 4) is 0 Å². The lowest BCUT2D eigenvalue weighted by Crippen LogP contribution is -2.33. The molecule has 0 spiro atoms. The fourth-order valence-corrected chi connectivity index (χ4v) is 2.59. The summed E-state index contributed by atoms with van der Waals surface area (Å²) in [5.74, 6) is 0.434. The number of rotatable bonds is 5. The molecule has 7 heteroatoms. The van der Waals surface area contributed by atoms with Gasteiger partial charge in [-0.15, -0.1) is 5.10 Å². The highest BCUT2D eigenvalue weighted by molar-refractivity contribution is 5.75. The Hall–Kier alpha value is -2.44. The highest BCUT2D eigenvalue weighted by Crippen LogP contribution is 2.22. The van der Waals surface area contributed by atoms with E-state index in [1.807, 2.05) is 6.07 Å². The summed E-state index contributed by atoms with van der Waals surface area (Å²) in [5.41, 5.74) is 1.25. The third-order valence-corrected chi connectivity index (χ3v) is 3.69. The molecule has 2 heterocycles. The fraction of sp³-hybridized carbons (Fsp3) is 0.429. The lowest BCUT2D eigenvalue weighted by molar-refractivity contribution is -0.122. The van der Waals surface area contributed by atoms with E-state index in [2.05, 4.69) is 50.0 Å². The molecule has 0 saturated carbocycles. The number of para-hydroxylation sites is 1. The molecular formula is C14H18N6O. The fourth-order valence-electron chi connectivity index (χ4n) is 2.59. The Morgan fingerprint density at radius 3 is 2.95 bits per heavy atom. The summed E-state index contributed by atoms with van der Waals surface area (Å²) in [6, 6.07) is 10.4. The van der Waals surface area contributed by atoms with Crippen molar-refractivity contribution in [1.82, 2.24) is 25.5 Å². The molecule has 1 amide bonds. The third kappa shape index (κ3) is 3.56. The minimum atomic E-state index is -0.0551. The lowest BCUT2D eigenvalue weighted by Gasteiger charge is -2.18. The van der Waals surface area contributed by atoms with Gasteiger partial charge in [-0.1, -0.05) is 18.2 Å². The molecule has 1 N–H and O–H groups in total. The monoisotopic (exact) mass is 286 g/mol. The van der Waals surface area contributed by atoms with Crippen LogP contribution in [0.4, 0.5) is 5.69 Å². The van der Waals surface area contributed by atoms with Gasteiger partial charge in [0.15, 0.2) is 0 Å². The molecule has 0 bridgehead atoms. The predicted octanol–water partition coefficient (Wildman–Crippen LogP) is 0.316. The van der Waals surface area contributed by atoms with Crippen LogP contribution in [0.15, 0.2) is 36.7 Å². The van der Waals surface area contributed by atoms with E-state index in [9.17, 15) is 4.79 Å². The highest BCUT2D eigenvalue weighted by atomic mass is 16.2. The number of anilines is 1. The normalized spacial score (nSPS) is 17.9. The SMILES string of the molecule is O=C(Cn1cnnn1)NCC1CCN(c2ccccc2)C1. The maximum absolute atomic E-state index is 11.8. The summed E-state index contributed by atoms with van der Waals surface area (Å²) in [6.45, 7) is 2.89. The van der Waals surface area contributed by atoms with Crippen molar-refractivity contribution in [2.45, 2.75) is 13.0 Å². The number of amides is 1. The zero-order valence-corrected chi connectivity index (χ0v) is 11.7. The summed E-state index contributed by atoms with van der Waals surface area (Å²) < 4.78 is 1.42. The van der Waals surface area contributed by atoms with Gasteiger partial charge in [-0.05, 0) is 34.9 Å². The highest BCUT2D eigenvalue weighted by Gasteiger charge is 2.22. The molecule has 1 fully saturated rings. The molecule has 0 aliphatic carbocycles. The zero-order chi connectivity index (χ0) is 14.5. The van der Waals surface area contributed by atoms with E-state index in [4.69, 9.17) is 0 Å². The summed E-state index contributed by atoms with van der Waals surface area (Å²) in [6.07, 6.45) is 2.53. The molecule has 1 aliphatic heterocycles. The van der Waals surface area contributed by atoms with Gasteiger partial charge in [0, 0.05) is 25.3 Å². The van der Waals surface area contributed by atoms with Gasteiger partial charge >= 0.3 is 0 Å². The van der Waals surface area contributed by atoms with Gasteiger partial charge in [-0.25, -0.2) is 4.68 Å². The molecule has 1 aromatic carbocycles. The summed E-state index contributed by atoms with van der Waals surface area (Å²) in [5, 5.41) is 13.6. The van der Waals surface area contributed by atoms with Crippen LogP contribution in [-0.2, 0) is 11.3 Å². The molecule has 1 aromatic heterocycles. The molecular weight excluding hydrogens is 268 g/mol. The Labute approximate surface area is 122 Å². The van der Waals surface area contributed by atoms with Crippen LogP contribution in [0, 0.1) is 5.92 Å². The van der Waals surface area contributed by atoms with Crippen LogP contribution in [0.2, 0.25) is 0 Å². The number of tetrazole rings is 1. The van der Waals surface area contributed by atoms with Gasteiger partial charge in [0.25, 0.3) is 0 Å². The van der Waals surface area contributed by atoms with Gasteiger partial charge in [-0.2, -0.15) is 0 Å². The largest absolute Gasteiger partial charge is 0.371 e. The Kier molecular flexibility index (Phi) is 4.09. The van der Waals surface area contributed by atoms with Crippen LogP contribution in [0.25, 0.3) is 0 Å². The molecule has 1 saturated heterocycles. The number of aromatic nitrogens is 4. The Bertz CT molecular complexity index is 570. The first-order valence-electron chi connectivity index (χ1n) is 7.09. The Morgan fingerprint density at radius 1 is 1.33 bits per heavy atom. The van der Waals surface area contributed by atoms with Gasteiger partial charge in [0.05, 0.1) is 0 Å². The first kappa shape index (κ1) is 13.5. The van der Waals surface area contributed by atoms with Gasteiger partial charge in [-0.3, -0.25) is 4.79 Å². The summed E-state index contributed by atoms with van der Waals surface area (Å²) in [4.78, 5) is 14.1. The van der Waals surface area contributed by atoms with Crippen molar-refractivity contribution in [2.75, 3.05) is 24.5 Å². The second-order valence-electron chi connectivity index (χ2n) is 5.25. The first-order chi connectivity index (χ1) is 10.3. The van der Waals surface area contributed by atoms with Crippen molar-refractivity contribution < 1.29 is 4.79 Å². The quantitative estimate of drug-likeness (QED) is 0.856. The Balaban J connectivity index is 1.44. The van der Waals surface area contributed by atoms with Crippen LogP contribution in [0.1, 0.15) is 6.42 Å². The van der Waals surface area contributed by atoms with E-state index in [1.54, 1.807) is 0 Å². The van der Waals surface area contributed by atoms with Crippen LogP contribution in [0.3, 0.4) is 0 Å². The first-order valence-corrected chi connectivity index (χ1v) is 7.09. The van der Waals surface area contributed by atoms with Crippen LogP contribution in [-0.4, -0.2) is 45.7 Å². The summed E-state index contributed by atoms with van der Waals surface area (Å²) in [7, 11) is 0. The van der Waals surface area contributed by atoms with E-state index in [1.165, 1.54) is 16.7 Å². The standard InChI is InChI=1S/C14H18N6O/c21-14(10-20-11-16-17-18-20)15-8-12-6-7-19(9-12)13-4-2-1-3-5-13/h1-5,11-12H,6-10H2,(H,15,21). The third-order valence-electron chi connectivity index (χ3n) is 3.69. The van der Waals surface area contributed by atoms with Crippen molar-refractivity contribution >= 4 is 11.6 Å². The van der Waals surface area contributed by atoms with Crippen LogP contribution >= 0.6 is 0 Å². The number of carbonyl (C=O) groups is 1. The zero-order valence-electron chi connectivity index (χ0n) is 11.7. The second-order valence-corrected chi connectivity index (χ2v) is 5.25. The number of nitrogens with one attached hydrogen (secondary N) is 1. The lowest BCUT2D eigenvalue weighted by atomic mass is 10.1. The second kappa shape index (κ2) is 6.34. The molecule has 1 unspecified atom stereocenters. The number of carbonyl (C=O) groups excluding carboxylic acids is 1. The number of hydrogen-bond acceptors (Lipinski definition) is 5. The topological polar surface area (TPSA) is 75.9 Å². The average Bonchev–Trinajstić information content (AvgIpc) is 3.17. The molecule has 21 heavy (non-hydrogen) atoms. The maximum atomic E-state index is 11.8. The molecule has 0 radical (unpaired) electrons. The van der Waals surface area contributed by atoms with Gasteiger partial charge in [0.1, 0.15) is 12.9 Å². The maximum Gasteiger partial charge on any atom is 0.241 e. The minimum Gasteiger partial charge on any atom is -0.371 e. The molecule has 1 atom stereocenters. The van der Waals surface area contributed by atoms with E-state index in [0.29, 0.717) is 12.5 Å². The van der Waals surface area contributed by atoms with E-state index < -0.39 is 0 Å². The van der Waals surface area contributed by atoms with E-state index >= 15 is 0 Å². The Morgan fingerprint density at radius 2 is 2.19 bits per heavy atom. The van der Waals surface area contributed by atoms with Crippen LogP contribution in [0.5, 0.6) is 0 Å².